The number of ether oxygens (including phenoxy) is 2. The van der Waals surface area contributed by atoms with Crippen LogP contribution in [0, 0.1) is 18.3 Å². The molecule has 1 N–H and O–H groups in total. The van der Waals surface area contributed by atoms with Crippen LogP contribution in [0.1, 0.15) is 44.6 Å². The number of aliphatic hydroxyl groups is 1. The van der Waals surface area contributed by atoms with E-state index in [1.54, 1.807) is 14.2 Å². The van der Waals surface area contributed by atoms with E-state index in [1.165, 1.54) is 18.4 Å². The summed E-state index contributed by atoms with van der Waals surface area (Å²) < 4.78 is 10.8. The molecule has 150 valence electrons. The number of benzene rings is 1. The van der Waals surface area contributed by atoms with Crippen LogP contribution in [0.15, 0.2) is 18.2 Å². The maximum Gasteiger partial charge on any atom is 0.160 e. The lowest BCUT2D eigenvalue weighted by atomic mass is 9.67. The van der Waals surface area contributed by atoms with E-state index in [0.717, 1.165) is 37.3 Å². The van der Waals surface area contributed by atoms with Crippen molar-refractivity contribution in [3.8, 4) is 23.8 Å². The van der Waals surface area contributed by atoms with Gasteiger partial charge in [-0.15, -0.1) is 18.8 Å². The maximum atomic E-state index is 11.0. The Morgan fingerprint density at radius 3 is 2.59 bits per heavy atom. The van der Waals surface area contributed by atoms with Crippen molar-refractivity contribution in [3.05, 3.63) is 23.8 Å². The molecule has 2 aliphatic rings. The van der Waals surface area contributed by atoms with E-state index in [9.17, 15) is 5.11 Å². The quantitative estimate of drug-likeness (QED) is 0.775. The molecule has 1 saturated heterocycles. The average molecular weight is 394 g/mol. The van der Waals surface area contributed by atoms with E-state index in [1.807, 2.05) is 6.07 Å². The summed E-state index contributed by atoms with van der Waals surface area (Å²) in [5.74, 6) is 4.46. The summed E-state index contributed by atoms with van der Waals surface area (Å²) >= 11 is 0. The van der Waals surface area contributed by atoms with Gasteiger partial charge in [0, 0.05) is 31.0 Å². The Morgan fingerprint density at radius 1 is 1.22 bits per heavy atom. The van der Waals surface area contributed by atoms with Gasteiger partial charge in [0.25, 0.3) is 0 Å². The summed E-state index contributed by atoms with van der Waals surface area (Å²) in [5.41, 5.74) is 0.296. The third kappa shape index (κ3) is 4.37. The lowest BCUT2D eigenvalue weighted by molar-refractivity contribution is -0.0999. The number of rotatable bonds is 5. The van der Waals surface area contributed by atoms with Gasteiger partial charge in [-0.2, -0.15) is 0 Å². The minimum absolute atomic E-state index is 0. The van der Waals surface area contributed by atoms with Gasteiger partial charge in [0.2, 0.25) is 0 Å². The molecule has 2 fully saturated rings. The molecular formula is C22H32ClNO3. The molecule has 4 atom stereocenters. The maximum absolute atomic E-state index is 11.0. The third-order valence-corrected chi connectivity index (χ3v) is 6.30. The average Bonchev–Trinajstić information content (AvgIpc) is 2.67. The van der Waals surface area contributed by atoms with Crippen LogP contribution in [-0.4, -0.2) is 48.5 Å². The molecule has 0 amide bonds. The molecule has 1 saturated carbocycles. The van der Waals surface area contributed by atoms with Gasteiger partial charge in [0.1, 0.15) is 5.60 Å². The highest BCUT2D eigenvalue weighted by molar-refractivity contribution is 5.85. The van der Waals surface area contributed by atoms with E-state index in [4.69, 9.17) is 15.9 Å². The Hall–Kier alpha value is -1.41. The number of hydrogen-bond donors (Lipinski definition) is 1. The number of hydrogen-bond acceptors (Lipinski definition) is 4. The molecule has 1 aromatic rings. The highest BCUT2D eigenvalue weighted by atomic mass is 35.5. The number of likely N-dealkylation sites (tertiary alicyclic amines) is 1. The van der Waals surface area contributed by atoms with Crippen LogP contribution < -0.4 is 9.47 Å². The van der Waals surface area contributed by atoms with Crippen molar-refractivity contribution in [2.75, 3.05) is 20.8 Å². The van der Waals surface area contributed by atoms with Crippen molar-refractivity contribution in [1.82, 2.24) is 4.90 Å². The molecule has 0 spiro atoms. The second-order valence-electron chi connectivity index (χ2n) is 7.76. The SMILES string of the molecule is C#C[C@]1(O)C[C@@H](C)N(CCc2ccc(OC)c(OC)c2)[C@@H]2CCCC[C@H]21.Cl. The van der Waals surface area contributed by atoms with Crippen molar-refractivity contribution in [2.24, 2.45) is 5.92 Å². The number of halogens is 1. The predicted octanol–water partition coefficient (Wildman–Crippen LogP) is 3.69. The fourth-order valence-corrected chi connectivity index (χ4v) is 4.96. The minimum Gasteiger partial charge on any atom is -0.493 e. The number of methoxy groups -OCH3 is 2. The van der Waals surface area contributed by atoms with E-state index < -0.39 is 5.60 Å². The molecule has 1 aliphatic carbocycles. The largest absolute Gasteiger partial charge is 0.493 e. The van der Waals surface area contributed by atoms with Crippen LogP contribution in [0.3, 0.4) is 0 Å². The van der Waals surface area contributed by atoms with Crippen LogP contribution in [-0.2, 0) is 6.42 Å². The summed E-state index contributed by atoms with van der Waals surface area (Å²) in [4.78, 5) is 2.58. The molecule has 0 radical (unpaired) electrons. The van der Waals surface area contributed by atoms with Gasteiger partial charge in [-0.1, -0.05) is 24.8 Å². The van der Waals surface area contributed by atoms with Gasteiger partial charge in [-0.3, -0.25) is 4.90 Å². The number of fused-ring (bicyclic) bond motifs is 1. The van der Waals surface area contributed by atoms with Gasteiger partial charge in [-0.25, -0.2) is 0 Å². The standard InChI is InChI=1S/C22H31NO3.ClH/c1-5-22(24)15-16(2)23(19-9-7-6-8-18(19)22)13-12-17-10-11-20(25-3)21(14-17)26-4;/h1,10-11,14,16,18-19,24H,6-9,12-13,15H2,2-4H3;1H/t16-,18-,19-,22+;/m1./s1. The number of piperidine rings is 1. The first-order chi connectivity index (χ1) is 12.5. The zero-order chi connectivity index (χ0) is 18.7. The second kappa shape index (κ2) is 9.19. The first-order valence-corrected chi connectivity index (χ1v) is 9.69. The normalized spacial score (nSPS) is 30.6. The smallest absolute Gasteiger partial charge is 0.160 e. The highest BCUT2D eigenvalue weighted by Gasteiger charge is 2.49. The van der Waals surface area contributed by atoms with Gasteiger partial charge in [0.05, 0.1) is 14.2 Å². The fraction of sp³-hybridized carbons (Fsp3) is 0.636. The Morgan fingerprint density at radius 2 is 1.93 bits per heavy atom. The molecule has 0 bridgehead atoms. The molecule has 0 unspecified atom stereocenters. The summed E-state index contributed by atoms with van der Waals surface area (Å²) in [6.07, 6.45) is 11.9. The summed E-state index contributed by atoms with van der Waals surface area (Å²) in [7, 11) is 3.32. The van der Waals surface area contributed by atoms with Crippen LogP contribution in [0.5, 0.6) is 11.5 Å². The zero-order valence-electron chi connectivity index (χ0n) is 16.6. The van der Waals surface area contributed by atoms with E-state index in [0.29, 0.717) is 12.5 Å². The Balaban J connectivity index is 0.00000261. The Bertz CT molecular complexity index is 674. The Kier molecular flexibility index (Phi) is 7.45. The number of nitrogens with zero attached hydrogens (tertiary/aromatic N) is 1. The summed E-state index contributed by atoms with van der Waals surface area (Å²) in [6, 6.07) is 6.80. The molecule has 4 nitrogen and oxygen atoms in total. The second-order valence-corrected chi connectivity index (χ2v) is 7.76. The van der Waals surface area contributed by atoms with Crippen LogP contribution in [0.2, 0.25) is 0 Å². The van der Waals surface area contributed by atoms with E-state index in [2.05, 4.69) is 29.9 Å². The first-order valence-electron chi connectivity index (χ1n) is 9.69. The molecular weight excluding hydrogens is 362 g/mol. The molecule has 27 heavy (non-hydrogen) atoms. The summed E-state index contributed by atoms with van der Waals surface area (Å²) in [5, 5.41) is 11.0. The monoisotopic (exact) mass is 393 g/mol. The van der Waals surface area contributed by atoms with Crippen molar-refractivity contribution in [1.29, 1.82) is 0 Å². The minimum atomic E-state index is -0.940. The lowest BCUT2D eigenvalue weighted by Crippen LogP contribution is -2.61. The van der Waals surface area contributed by atoms with Gasteiger partial charge < -0.3 is 14.6 Å². The molecule has 3 rings (SSSR count). The van der Waals surface area contributed by atoms with Gasteiger partial charge in [0.15, 0.2) is 11.5 Å². The molecule has 0 aromatic heterocycles. The number of terminal acetylenes is 1. The van der Waals surface area contributed by atoms with Gasteiger partial charge >= 0.3 is 0 Å². The molecule has 1 aliphatic heterocycles. The fourth-order valence-electron chi connectivity index (χ4n) is 4.96. The first kappa shape index (κ1) is 21.9. The Labute approximate surface area is 169 Å². The van der Waals surface area contributed by atoms with E-state index >= 15 is 0 Å². The summed E-state index contributed by atoms with van der Waals surface area (Å²) in [6.45, 7) is 3.17. The van der Waals surface area contributed by atoms with Crippen LogP contribution >= 0.6 is 12.4 Å². The predicted molar refractivity (Wildman–Crippen MR) is 111 cm³/mol. The highest BCUT2D eigenvalue weighted by Crippen LogP contribution is 2.43. The van der Waals surface area contributed by atoms with E-state index in [-0.39, 0.29) is 24.4 Å². The third-order valence-electron chi connectivity index (χ3n) is 6.30. The molecule has 1 aromatic carbocycles. The van der Waals surface area contributed by atoms with Crippen molar-refractivity contribution < 1.29 is 14.6 Å². The van der Waals surface area contributed by atoms with Crippen LogP contribution in [0.25, 0.3) is 0 Å². The van der Waals surface area contributed by atoms with Gasteiger partial charge in [-0.05, 0) is 43.9 Å². The van der Waals surface area contributed by atoms with Crippen molar-refractivity contribution in [3.63, 3.8) is 0 Å². The zero-order valence-corrected chi connectivity index (χ0v) is 17.4. The topological polar surface area (TPSA) is 41.9 Å². The molecule has 1 heterocycles. The lowest BCUT2D eigenvalue weighted by Gasteiger charge is -2.53. The van der Waals surface area contributed by atoms with Crippen molar-refractivity contribution in [2.45, 2.75) is 63.1 Å². The van der Waals surface area contributed by atoms with Crippen LogP contribution in [0.4, 0.5) is 0 Å². The molecule has 5 heteroatoms. The van der Waals surface area contributed by atoms with Crippen molar-refractivity contribution >= 4 is 12.4 Å².